The van der Waals surface area contributed by atoms with Crippen molar-refractivity contribution in [2.45, 2.75) is 19.3 Å². The van der Waals surface area contributed by atoms with Crippen LogP contribution in [0.25, 0.3) is 0 Å². The highest BCUT2D eigenvalue weighted by molar-refractivity contribution is 5.46. The number of rotatable bonds is 6. The molecule has 1 saturated heterocycles. The Balaban J connectivity index is 1.34. The van der Waals surface area contributed by atoms with E-state index in [0.717, 1.165) is 13.1 Å². The molecule has 0 aliphatic carbocycles. The van der Waals surface area contributed by atoms with E-state index in [9.17, 15) is 0 Å². The predicted molar refractivity (Wildman–Crippen MR) is 94.5 cm³/mol. The summed E-state index contributed by atoms with van der Waals surface area (Å²) >= 11 is 0. The van der Waals surface area contributed by atoms with Crippen molar-refractivity contribution in [3.63, 3.8) is 0 Å². The molecule has 0 N–H and O–H groups in total. The fourth-order valence-corrected chi connectivity index (χ4v) is 3.18. The van der Waals surface area contributed by atoms with Gasteiger partial charge in [-0.15, -0.1) is 0 Å². The van der Waals surface area contributed by atoms with Gasteiger partial charge >= 0.3 is 0 Å². The fraction of sp³-hybridized carbons (Fsp3) is 0.400. The monoisotopic (exact) mass is 294 g/mol. The summed E-state index contributed by atoms with van der Waals surface area (Å²) in [5, 5.41) is 0. The molecule has 0 spiro atoms. The summed E-state index contributed by atoms with van der Waals surface area (Å²) in [5.74, 6) is 0. The summed E-state index contributed by atoms with van der Waals surface area (Å²) in [6, 6.07) is 21.6. The van der Waals surface area contributed by atoms with Gasteiger partial charge in [-0.3, -0.25) is 4.90 Å². The van der Waals surface area contributed by atoms with Gasteiger partial charge in [0.15, 0.2) is 0 Å². The zero-order valence-corrected chi connectivity index (χ0v) is 13.3. The number of hydrogen-bond donors (Lipinski definition) is 0. The Labute approximate surface area is 134 Å². The van der Waals surface area contributed by atoms with Crippen molar-refractivity contribution in [2.24, 2.45) is 0 Å². The molecule has 3 rings (SSSR count). The van der Waals surface area contributed by atoms with E-state index >= 15 is 0 Å². The number of piperazine rings is 1. The Hall–Kier alpha value is -1.80. The highest BCUT2D eigenvalue weighted by Gasteiger charge is 2.16. The van der Waals surface area contributed by atoms with E-state index in [1.807, 2.05) is 0 Å². The maximum Gasteiger partial charge on any atom is 0.0367 e. The smallest absolute Gasteiger partial charge is 0.0367 e. The fourth-order valence-electron chi connectivity index (χ4n) is 3.18. The second kappa shape index (κ2) is 8.00. The second-order valence-corrected chi connectivity index (χ2v) is 6.11. The third kappa shape index (κ3) is 4.35. The lowest BCUT2D eigenvalue weighted by atomic mass is 10.1. The van der Waals surface area contributed by atoms with Crippen molar-refractivity contribution in [3.8, 4) is 0 Å². The Morgan fingerprint density at radius 1 is 0.682 bits per heavy atom. The lowest BCUT2D eigenvalue weighted by Gasteiger charge is -2.36. The van der Waals surface area contributed by atoms with Gasteiger partial charge in [-0.25, -0.2) is 0 Å². The standard InChI is InChI=1S/C20H26N2/c1-3-9-19(10-4-1)11-7-8-14-21-15-17-22(18-16-21)20-12-5-2-6-13-20/h1-6,9-10,12-13H,7-8,11,14-18H2. The number of benzene rings is 2. The molecule has 1 fully saturated rings. The Kier molecular flexibility index (Phi) is 5.49. The molecule has 1 aliphatic rings. The first-order valence-corrected chi connectivity index (χ1v) is 8.48. The van der Waals surface area contributed by atoms with Crippen LogP contribution in [-0.4, -0.2) is 37.6 Å². The molecule has 0 amide bonds. The number of anilines is 1. The van der Waals surface area contributed by atoms with Crippen molar-refractivity contribution in [3.05, 3.63) is 66.2 Å². The molecule has 1 aliphatic heterocycles. The molecule has 0 atom stereocenters. The van der Waals surface area contributed by atoms with Crippen molar-refractivity contribution >= 4 is 5.69 Å². The van der Waals surface area contributed by atoms with E-state index < -0.39 is 0 Å². The predicted octanol–water partition coefficient (Wildman–Crippen LogP) is 3.83. The summed E-state index contributed by atoms with van der Waals surface area (Å²) < 4.78 is 0. The summed E-state index contributed by atoms with van der Waals surface area (Å²) in [6.45, 7) is 5.95. The van der Waals surface area contributed by atoms with Crippen molar-refractivity contribution in [2.75, 3.05) is 37.6 Å². The molecule has 0 unspecified atom stereocenters. The molecule has 0 radical (unpaired) electrons. The molecule has 1 heterocycles. The van der Waals surface area contributed by atoms with Crippen molar-refractivity contribution < 1.29 is 0 Å². The quantitative estimate of drug-likeness (QED) is 0.747. The lowest BCUT2D eigenvalue weighted by Crippen LogP contribution is -2.46. The first kappa shape index (κ1) is 15.1. The van der Waals surface area contributed by atoms with Crippen LogP contribution >= 0.6 is 0 Å². The number of nitrogens with zero attached hydrogens (tertiary/aromatic N) is 2. The highest BCUT2D eigenvalue weighted by atomic mass is 15.3. The van der Waals surface area contributed by atoms with Crippen LogP contribution in [0.15, 0.2) is 60.7 Å². The first-order chi connectivity index (χ1) is 10.9. The molecular formula is C20H26N2. The van der Waals surface area contributed by atoms with E-state index in [1.165, 1.54) is 50.1 Å². The maximum absolute atomic E-state index is 2.62. The number of unbranched alkanes of at least 4 members (excludes halogenated alkanes) is 1. The minimum absolute atomic E-state index is 1.16. The van der Waals surface area contributed by atoms with Gasteiger partial charge in [-0.2, -0.15) is 0 Å². The largest absolute Gasteiger partial charge is 0.369 e. The van der Waals surface area contributed by atoms with Crippen LogP contribution in [0.2, 0.25) is 0 Å². The molecule has 2 aromatic carbocycles. The van der Waals surface area contributed by atoms with Crippen LogP contribution in [-0.2, 0) is 6.42 Å². The minimum atomic E-state index is 1.16. The lowest BCUT2D eigenvalue weighted by molar-refractivity contribution is 0.253. The van der Waals surface area contributed by atoms with Crippen molar-refractivity contribution in [1.82, 2.24) is 4.90 Å². The van der Waals surface area contributed by atoms with Gasteiger partial charge in [0.1, 0.15) is 0 Å². The Morgan fingerprint density at radius 3 is 2.00 bits per heavy atom. The van der Waals surface area contributed by atoms with Crippen LogP contribution < -0.4 is 4.90 Å². The third-order valence-corrected chi connectivity index (χ3v) is 4.53. The molecule has 0 aromatic heterocycles. The summed E-state index contributed by atoms with van der Waals surface area (Å²) in [6.07, 6.45) is 3.81. The van der Waals surface area contributed by atoms with E-state index in [-0.39, 0.29) is 0 Å². The van der Waals surface area contributed by atoms with Crippen LogP contribution in [0.1, 0.15) is 18.4 Å². The van der Waals surface area contributed by atoms with Gasteiger partial charge in [0, 0.05) is 31.9 Å². The molecule has 0 bridgehead atoms. The number of hydrogen-bond acceptors (Lipinski definition) is 2. The summed E-state index contributed by atoms with van der Waals surface area (Å²) in [7, 11) is 0. The zero-order valence-electron chi connectivity index (χ0n) is 13.3. The van der Waals surface area contributed by atoms with Gasteiger partial charge in [0.2, 0.25) is 0 Å². The van der Waals surface area contributed by atoms with Gasteiger partial charge in [-0.1, -0.05) is 48.5 Å². The highest BCUT2D eigenvalue weighted by Crippen LogP contribution is 2.15. The molecule has 2 nitrogen and oxygen atoms in total. The van der Waals surface area contributed by atoms with Gasteiger partial charge in [0.25, 0.3) is 0 Å². The molecule has 2 aromatic rings. The topological polar surface area (TPSA) is 6.48 Å². The molecular weight excluding hydrogens is 268 g/mol. The molecule has 116 valence electrons. The summed E-state index contributed by atoms with van der Waals surface area (Å²) in [4.78, 5) is 5.12. The maximum atomic E-state index is 2.62. The van der Waals surface area contributed by atoms with Gasteiger partial charge in [-0.05, 0) is 43.5 Å². The second-order valence-electron chi connectivity index (χ2n) is 6.11. The Bertz CT molecular complexity index is 530. The van der Waals surface area contributed by atoms with Crippen LogP contribution in [0.5, 0.6) is 0 Å². The van der Waals surface area contributed by atoms with Crippen LogP contribution in [0, 0.1) is 0 Å². The third-order valence-electron chi connectivity index (χ3n) is 4.53. The normalized spacial score (nSPS) is 15.9. The van der Waals surface area contributed by atoms with E-state index in [4.69, 9.17) is 0 Å². The average Bonchev–Trinajstić information content (AvgIpc) is 2.61. The molecule has 22 heavy (non-hydrogen) atoms. The van der Waals surface area contributed by atoms with Crippen LogP contribution in [0.3, 0.4) is 0 Å². The molecule has 2 heteroatoms. The first-order valence-electron chi connectivity index (χ1n) is 8.48. The number of para-hydroxylation sites is 1. The summed E-state index contributed by atoms with van der Waals surface area (Å²) in [5.41, 5.74) is 2.84. The van der Waals surface area contributed by atoms with Gasteiger partial charge < -0.3 is 4.90 Å². The molecule has 0 saturated carbocycles. The van der Waals surface area contributed by atoms with E-state index in [1.54, 1.807) is 0 Å². The SMILES string of the molecule is c1ccc(CCCCN2CCN(c3ccccc3)CC2)cc1. The Morgan fingerprint density at radius 2 is 1.32 bits per heavy atom. The number of aryl methyl sites for hydroxylation is 1. The minimum Gasteiger partial charge on any atom is -0.369 e. The zero-order chi connectivity index (χ0) is 15.0. The van der Waals surface area contributed by atoms with E-state index in [2.05, 4.69) is 70.5 Å². The van der Waals surface area contributed by atoms with Crippen LogP contribution in [0.4, 0.5) is 5.69 Å². The van der Waals surface area contributed by atoms with E-state index in [0.29, 0.717) is 0 Å². The average molecular weight is 294 g/mol. The van der Waals surface area contributed by atoms with Gasteiger partial charge in [0.05, 0.1) is 0 Å². The van der Waals surface area contributed by atoms with Crippen molar-refractivity contribution in [1.29, 1.82) is 0 Å².